The first-order chi connectivity index (χ1) is 16.0. The Kier molecular flexibility index (Phi) is 8.23. The molecule has 0 aliphatic rings. The molecule has 0 aliphatic carbocycles. The van der Waals surface area contributed by atoms with Crippen LogP contribution < -0.4 is 14.4 Å². The lowest BCUT2D eigenvalue weighted by molar-refractivity contribution is 0.0947. The number of carbonyl (C=O) groups is 1. The van der Waals surface area contributed by atoms with E-state index >= 15 is 0 Å². The topological polar surface area (TPSA) is 75.7 Å². The first-order valence-electron chi connectivity index (χ1n) is 10.9. The van der Waals surface area contributed by atoms with E-state index in [0.29, 0.717) is 35.2 Å². The van der Waals surface area contributed by atoms with Crippen LogP contribution in [-0.4, -0.2) is 33.7 Å². The third kappa shape index (κ3) is 6.74. The van der Waals surface area contributed by atoms with Gasteiger partial charge in [-0.15, -0.1) is 0 Å². The highest BCUT2D eigenvalue weighted by molar-refractivity contribution is 7.92. The van der Waals surface area contributed by atoms with Gasteiger partial charge in [-0.05, 0) is 73.4 Å². The molecular weight excluding hydrogens is 472 g/mol. The number of hydrogen-bond donors (Lipinski definition) is 1. The second kappa shape index (κ2) is 10.9. The molecule has 1 amide bonds. The summed E-state index contributed by atoms with van der Waals surface area (Å²) in [4.78, 5) is 12.5. The van der Waals surface area contributed by atoms with Crippen LogP contribution in [0.4, 0.5) is 5.69 Å². The van der Waals surface area contributed by atoms with E-state index in [9.17, 15) is 13.2 Å². The Balaban J connectivity index is 1.60. The van der Waals surface area contributed by atoms with Crippen molar-refractivity contribution >= 4 is 33.2 Å². The first-order valence-corrected chi connectivity index (χ1v) is 13.1. The summed E-state index contributed by atoms with van der Waals surface area (Å²) in [6, 6.07) is 18.1. The van der Waals surface area contributed by atoms with E-state index in [1.54, 1.807) is 30.3 Å². The second-order valence-electron chi connectivity index (χ2n) is 8.27. The molecule has 0 atom stereocenters. The summed E-state index contributed by atoms with van der Waals surface area (Å²) in [7, 11) is -3.49. The molecule has 34 heavy (non-hydrogen) atoms. The van der Waals surface area contributed by atoms with Crippen LogP contribution in [0.15, 0.2) is 60.7 Å². The van der Waals surface area contributed by atoms with Gasteiger partial charge in [0.1, 0.15) is 12.4 Å². The highest BCUT2D eigenvalue weighted by atomic mass is 35.5. The van der Waals surface area contributed by atoms with Crippen molar-refractivity contribution in [2.24, 2.45) is 0 Å². The monoisotopic (exact) mass is 500 g/mol. The summed E-state index contributed by atoms with van der Waals surface area (Å²) in [5.41, 5.74) is 4.75. The lowest BCUT2D eigenvalue weighted by Crippen LogP contribution is -2.30. The molecule has 0 saturated heterocycles. The number of aryl methyl sites for hydroxylation is 3. The van der Waals surface area contributed by atoms with E-state index in [1.165, 1.54) is 10.6 Å². The standard InChI is InChI=1S/C26H29ClN2O4S/c1-18-5-6-20(3)25(15-18)29(34(4,31)32)17-21-8-10-22(11-9-21)26(30)28-13-14-33-23-12-7-19(2)24(27)16-23/h5-12,15-16H,13-14,17H2,1-4H3,(H,28,30). The van der Waals surface area contributed by atoms with Gasteiger partial charge in [0.25, 0.3) is 5.91 Å². The molecule has 3 aromatic rings. The number of nitrogens with zero attached hydrogens (tertiary/aromatic N) is 1. The number of amides is 1. The number of hydrogen-bond acceptors (Lipinski definition) is 4. The van der Waals surface area contributed by atoms with Gasteiger partial charge in [-0.25, -0.2) is 8.42 Å². The van der Waals surface area contributed by atoms with E-state index in [2.05, 4.69) is 5.32 Å². The normalized spacial score (nSPS) is 11.2. The highest BCUT2D eigenvalue weighted by Gasteiger charge is 2.20. The second-order valence-corrected chi connectivity index (χ2v) is 10.6. The van der Waals surface area contributed by atoms with Gasteiger partial charge < -0.3 is 10.1 Å². The van der Waals surface area contributed by atoms with Gasteiger partial charge in [0.05, 0.1) is 25.0 Å². The van der Waals surface area contributed by atoms with Crippen molar-refractivity contribution in [1.82, 2.24) is 5.32 Å². The van der Waals surface area contributed by atoms with Gasteiger partial charge in [-0.2, -0.15) is 0 Å². The summed E-state index contributed by atoms with van der Waals surface area (Å²) in [5.74, 6) is 0.417. The Morgan fingerprint density at radius 1 is 0.971 bits per heavy atom. The fourth-order valence-corrected chi connectivity index (χ4v) is 4.50. The molecule has 0 fully saturated rings. The van der Waals surface area contributed by atoms with Crippen molar-refractivity contribution in [2.75, 3.05) is 23.7 Å². The van der Waals surface area contributed by atoms with Crippen molar-refractivity contribution in [1.29, 1.82) is 0 Å². The summed E-state index contributed by atoms with van der Waals surface area (Å²) >= 11 is 6.09. The molecule has 0 spiro atoms. The number of anilines is 1. The molecule has 8 heteroatoms. The fraction of sp³-hybridized carbons (Fsp3) is 0.269. The maximum Gasteiger partial charge on any atom is 0.251 e. The molecule has 0 bridgehead atoms. The number of rotatable bonds is 9. The van der Waals surface area contributed by atoms with E-state index in [0.717, 1.165) is 22.3 Å². The summed E-state index contributed by atoms with van der Waals surface area (Å²) in [6.45, 7) is 6.55. The largest absolute Gasteiger partial charge is 0.492 e. The molecule has 3 rings (SSSR count). The number of benzene rings is 3. The van der Waals surface area contributed by atoms with Gasteiger partial charge in [0.15, 0.2) is 0 Å². The summed E-state index contributed by atoms with van der Waals surface area (Å²) in [6.07, 6.45) is 1.20. The Hall–Kier alpha value is -3.03. The van der Waals surface area contributed by atoms with Crippen molar-refractivity contribution in [2.45, 2.75) is 27.3 Å². The third-order valence-electron chi connectivity index (χ3n) is 5.38. The molecule has 0 unspecified atom stereocenters. The van der Waals surface area contributed by atoms with Gasteiger partial charge in [-0.3, -0.25) is 9.10 Å². The lowest BCUT2D eigenvalue weighted by Gasteiger charge is -2.25. The van der Waals surface area contributed by atoms with Crippen molar-refractivity contribution in [3.05, 3.63) is 93.5 Å². The molecular formula is C26H29ClN2O4S. The minimum Gasteiger partial charge on any atom is -0.492 e. The van der Waals surface area contributed by atoms with Crippen LogP contribution in [0.25, 0.3) is 0 Å². The smallest absolute Gasteiger partial charge is 0.251 e. The molecule has 0 radical (unpaired) electrons. The fourth-order valence-electron chi connectivity index (χ4n) is 3.40. The predicted molar refractivity (Wildman–Crippen MR) is 137 cm³/mol. The number of nitrogens with one attached hydrogen (secondary N) is 1. The minimum absolute atomic E-state index is 0.179. The average molecular weight is 501 g/mol. The predicted octanol–water partition coefficient (Wildman–Crippen LogP) is 5.04. The first kappa shape index (κ1) is 25.6. The number of ether oxygens (including phenoxy) is 1. The molecule has 0 saturated carbocycles. The van der Waals surface area contributed by atoms with Crippen LogP contribution in [0.2, 0.25) is 5.02 Å². The van der Waals surface area contributed by atoms with E-state index in [4.69, 9.17) is 16.3 Å². The van der Waals surface area contributed by atoms with Gasteiger partial charge in [-0.1, -0.05) is 41.9 Å². The Bertz CT molecular complexity index is 1270. The zero-order chi connectivity index (χ0) is 24.9. The Morgan fingerprint density at radius 2 is 1.65 bits per heavy atom. The van der Waals surface area contributed by atoms with Crippen LogP contribution in [0.3, 0.4) is 0 Å². The summed E-state index contributed by atoms with van der Waals surface area (Å²) in [5, 5.41) is 3.45. The average Bonchev–Trinajstić information content (AvgIpc) is 2.78. The van der Waals surface area contributed by atoms with Gasteiger partial charge >= 0.3 is 0 Å². The quantitative estimate of drug-likeness (QED) is 0.417. The Morgan fingerprint density at radius 3 is 2.29 bits per heavy atom. The van der Waals surface area contributed by atoms with E-state index in [1.807, 2.05) is 51.1 Å². The molecule has 6 nitrogen and oxygen atoms in total. The third-order valence-corrected chi connectivity index (χ3v) is 6.91. The molecule has 180 valence electrons. The van der Waals surface area contributed by atoms with Crippen molar-refractivity contribution in [3.63, 3.8) is 0 Å². The SMILES string of the molecule is Cc1ccc(C)c(N(Cc2ccc(C(=O)NCCOc3ccc(C)c(Cl)c3)cc2)S(C)(=O)=O)c1. The van der Waals surface area contributed by atoms with Gasteiger partial charge in [0, 0.05) is 10.6 Å². The number of sulfonamides is 1. The lowest BCUT2D eigenvalue weighted by atomic mass is 10.1. The van der Waals surface area contributed by atoms with Crippen LogP contribution >= 0.6 is 11.6 Å². The maximum atomic E-state index is 12.5. The van der Waals surface area contributed by atoms with Crippen LogP contribution in [0.5, 0.6) is 5.75 Å². The van der Waals surface area contributed by atoms with E-state index < -0.39 is 10.0 Å². The highest BCUT2D eigenvalue weighted by Crippen LogP contribution is 2.26. The molecule has 1 N–H and O–H groups in total. The van der Waals surface area contributed by atoms with Crippen molar-refractivity contribution < 1.29 is 17.9 Å². The zero-order valence-corrected chi connectivity index (χ0v) is 21.3. The Labute approximate surface area is 206 Å². The van der Waals surface area contributed by atoms with Crippen LogP contribution in [0, 0.1) is 20.8 Å². The number of carbonyl (C=O) groups excluding carboxylic acids is 1. The molecule has 0 heterocycles. The number of halogens is 1. The molecule has 0 aromatic heterocycles. The van der Waals surface area contributed by atoms with Gasteiger partial charge in [0.2, 0.25) is 10.0 Å². The van der Waals surface area contributed by atoms with E-state index in [-0.39, 0.29) is 12.5 Å². The zero-order valence-electron chi connectivity index (χ0n) is 19.8. The van der Waals surface area contributed by atoms with Crippen LogP contribution in [-0.2, 0) is 16.6 Å². The summed E-state index contributed by atoms with van der Waals surface area (Å²) < 4.78 is 32.0. The minimum atomic E-state index is -3.49. The molecule has 3 aromatic carbocycles. The molecule has 0 aliphatic heterocycles. The van der Waals surface area contributed by atoms with Crippen molar-refractivity contribution in [3.8, 4) is 5.75 Å². The maximum absolute atomic E-state index is 12.5. The van der Waals surface area contributed by atoms with Crippen LogP contribution in [0.1, 0.15) is 32.6 Å².